The van der Waals surface area contributed by atoms with Gasteiger partial charge >= 0.3 is 0 Å². The minimum Gasteiger partial charge on any atom is -0.485 e. The molecule has 0 amide bonds. The van der Waals surface area contributed by atoms with E-state index < -0.39 is 5.92 Å². The summed E-state index contributed by atoms with van der Waals surface area (Å²) in [5, 5.41) is 10.6. The lowest BCUT2D eigenvalue weighted by Gasteiger charge is -2.14. The third-order valence-electron chi connectivity index (χ3n) is 4.50. The molecule has 3 rings (SSSR count). The maximum absolute atomic E-state index is 12.6. The van der Waals surface area contributed by atoms with Crippen LogP contribution >= 0.6 is 0 Å². The highest BCUT2D eigenvalue weighted by molar-refractivity contribution is 5.92. The average Bonchev–Trinajstić information content (AvgIpc) is 2.92. The second kappa shape index (κ2) is 6.82. The van der Waals surface area contributed by atoms with Gasteiger partial charge in [0.25, 0.3) is 0 Å². The van der Waals surface area contributed by atoms with Gasteiger partial charge in [-0.2, -0.15) is 5.26 Å². The van der Waals surface area contributed by atoms with E-state index in [1.807, 2.05) is 74.0 Å². The van der Waals surface area contributed by atoms with Crippen molar-refractivity contribution in [2.24, 2.45) is 7.05 Å². The van der Waals surface area contributed by atoms with Crippen LogP contribution in [0.3, 0.4) is 0 Å². The Balaban J connectivity index is 1.84. The number of aryl methyl sites for hydroxylation is 3. The standard InChI is InChI=1S/C21H20N2O2/c1-14-7-6-8-15(2)21(14)25-13-20(24)17(12-22)19-11-16-9-4-5-10-18(16)23(19)3/h4-11,17H,13H2,1-3H3. The van der Waals surface area contributed by atoms with Gasteiger partial charge < -0.3 is 9.30 Å². The molecule has 25 heavy (non-hydrogen) atoms. The molecule has 1 atom stereocenters. The van der Waals surface area contributed by atoms with Gasteiger partial charge in [-0.3, -0.25) is 4.79 Å². The first kappa shape index (κ1) is 16.8. The average molecular weight is 332 g/mol. The van der Waals surface area contributed by atoms with Crippen LogP contribution in [0.4, 0.5) is 0 Å². The molecule has 1 aromatic heterocycles. The molecule has 0 N–H and O–H groups in total. The van der Waals surface area contributed by atoms with Crippen LogP contribution in [0.5, 0.6) is 5.75 Å². The quantitative estimate of drug-likeness (QED) is 0.708. The summed E-state index contributed by atoms with van der Waals surface area (Å²) in [6.45, 7) is 3.77. The number of hydrogen-bond acceptors (Lipinski definition) is 3. The zero-order chi connectivity index (χ0) is 18.0. The Bertz CT molecular complexity index is 959. The van der Waals surface area contributed by atoms with E-state index in [0.717, 1.165) is 22.0 Å². The first-order chi connectivity index (χ1) is 12.0. The number of hydrogen-bond donors (Lipinski definition) is 0. The number of fused-ring (bicyclic) bond motifs is 1. The summed E-state index contributed by atoms with van der Waals surface area (Å²) in [5.74, 6) is -0.373. The van der Waals surface area contributed by atoms with Gasteiger partial charge in [-0.1, -0.05) is 36.4 Å². The van der Waals surface area contributed by atoms with Crippen molar-refractivity contribution in [3.05, 3.63) is 65.4 Å². The first-order valence-corrected chi connectivity index (χ1v) is 8.18. The molecule has 0 aliphatic carbocycles. The molecule has 0 radical (unpaired) electrons. The smallest absolute Gasteiger partial charge is 0.193 e. The third-order valence-corrected chi connectivity index (χ3v) is 4.50. The summed E-state index contributed by atoms with van der Waals surface area (Å²) in [4.78, 5) is 12.6. The lowest BCUT2D eigenvalue weighted by atomic mass is 10.0. The molecule has 0 aliphatic rings. The van der Waals surface area contributed by atoms with Crippen molar-refractivity contribution >= 4 is 16.7 Å². The Hall–Kier alpha value is -3.06. The Labute approximate surface area is 147 Å². The fourth-order valence-electron chi connectivity index (χ4n) is 3.14. The molecule has 0 fully saturated rings. The number of nitriles is 1. The number of ether oxygens (including phenoxy) is 1. The van der Waals surface area contributed by atoms with E-state index in [1.54, 1.807) is 0 Å². The summed E-state index contributed by atoms with van der Waals surface area (Å²) in [6, 6.07) is 17.7. The molecular formula is C21H20N2O2. The van der Waals surface area contributed by atoms with Gasteiger partial charge in [0, 0.05) is 18.3 Å². The fraction of sp³-hybridized carbons (Fsp3) is 0.238. The molecule has 0 aliphatic heterocycles. The van der Waals surface area contributed by atoms with Crippen LogP contribution in [0, 0.1) is 25.2 Å². The van der Waals surface area contributed by atoms with Gasteiger partial charge in [-0.05, 0) is 42.5 Å². The number of carbonyl (C=O) groups excluding carboxylic acids is 1. The van der Waals surface area contributed by atoms with Gasteiger partial charge in [0.1, 0.15) is 18.3 Å². The number of carbonyl (C=O) groups is 1. The Morgan fingerprint density at radius 1 is 1.16 bits per heavy atom. The van der Waals surface area contributed by atoms with E-state index in [2.05, 4.69) is 6.07 Å². The third kappa shape index (κ3) is 3.14. The van der Waals surface area contributed by atoms with Crippen LogP contribution in [0.25, 0.3) is 10.9 Å². The van der Waals surface area contributed by atoms with Gasteiger partial charge in [0.2, 0.25) is 0 Å². The number of nitrogens with zero attached hydrogens (tertiary/aromatic N) is 2. The zero-order valence-electron chi connectivity index (χ0n) is 14.6. The summed E-state index contributed by atoms with van der Waals surface area (Å²) < 4.78 is 7.64. The Morgan fingerprint density at radius 2 is 1.84 bits per heavy atom. The van der Waals surface area contributed by atoms with Crippen molar-refractivity contribution in [2.45, 2.75) is 19.8 Å². The number of para-hydroxylation sites is 2. The predicted molar refractivity (Wildman–Crippen MR) is 97.7 cm³/mol. The second-order valence-corrected chi connectivity index (χ2v) is 6.23. The SMILES string of the molecule is Cc1cccc(C)c1OCC(=O)C(C#N)c1cc2ccccc2n1C. The molecule has 0 spiro atoms. The summed E-state index contributed by atoms with van der Waals surface area (Å²) in [5.41, 5.74) is 3.65. The summed E-state index contributed by atoms with van der Waals surface area (Å²) >= 11 is 0. The number of ketones is 1. The van der Waals surface area contributed by atoms with Crippen molar-refractivity contribution in [1.29, 1.82) is 5.26 Å². The topological polar surface area (TPSA) is 55.0 Å². The molecule has 0 bridgehead atoms. The maximum atomic E-state index is 12.6. The van der Waals surface area contributed by atoms with Gasteiger partial charge in [0.05, 0.1) is 6.07 Å². The van der Waals surface area contributed by atoms with E-state index in [-0.39, 0.29) is 12.4 Å². The van der Waals surface area contributed by atoms with Gasteiger partial charge in [-0.15, -0.1) is 0 Å². The van der Waals surface area contributed by atoms with Crippen molar-refractivity contribution in [3.8, 4) is 11.8 Å². The molecular weight excluding hydrogens is 312 g/mol. The summed E-state index contributed by atoms with van der Waals surface area (Å²) in [7, 11) is 1.88. The Kier molecular flexibility index (Phi) is 4.58. The molecule has 1 heterocycles. The number of benzene rings is 2. The number of aromatic nitrogens is 1. The normalized spacial score (nSPS) is 11.9. The van der Waals surface area contributed by atoms with E-state index in [1.165, 1.54) is 0 Å². The highest BCUT2D eigenvalue weighted by atomic mass is 16.5. The maximum Gasteiger partial charge on any atom is 0.193 e. The van der Waals surface area contributed by atoms with Crippen molar-refractivity contribution in [3.63, 3.8) is 0 Å². The molecule has 4 heteroatoms. The predicted octanol–water partition coefficient (Wildman–Crippen LogP) is 4.05. The zero-order valence-corrected chi connectivity index (χ0v) is 14.6. The van der Waals surface area contributed by atoms with E-state index in [0.29, 0.717) is 11.4 Å². The van der Waals surface area contributed by atoms with Crippen LogP contribution in [0.2, 0.25) is 0 Å². The molecule has 0 saturated carbocycles. The number of rotatable bonds is 5. The van der Waals surface area contributed by atoms with Crippen molar-refractivity contribution in [1.82, 2.24) is 4.57 Å². The second-order valence-electron chi connectivity index (χ2n) is 6.23. The van der Waals surface area contributed by atoms with Crippen molar-refractivity contribution in [2.75, 3.05) is 6.61 Å². The van der Waals surface area contributed by atoms with Crippen LogP contribution < -0.4 is 4.74 Å². The lowest BCUT2D eigenvalue weighted by Crippen LogP contribution is -2.21. The van der Waals surface area contributed by atoms with Crippen LogP contribution in [0.1, 0.15) is 22.7 Å². The highest BCUT2D eigenvalue weighted by Crippen LogP contribution is 2.26. The minimum absolute atomic E-state index is 0.120. The molecule has 4 nitrogen and oxygen atoms in total. The monoisotopic (exact) mass is 332 g/mol. The largest absolute Gasteiger partial charge is 0.485 e. The highest BCUT2D eigenvalue weighted by Gasteiger charge is 2.24. The molecule has 2 aromatic carbocycles. The van der Waals surface area contributed by atoms with E-state index >= 15 is 0 Å². The first-order valence-electron chi connectivity index (χ1n) is 8.18. The molecule has 126 valence electrons. The Morgan fingerprint density at radius 3 is 2.48 bits per heavy atom. The molecule has 1 unspecified atom stereocenters. The van der Waals surface area contributed by atoms with Crippen LogP contribution in [0.15, 0.2) is 48.5 Å². The van der Waals surface area contributed by atoms with E-state index in [9.17, 15) is 10.1 Å². The van der Waals surface area contributed by atoms with Crippen molar-refractivity contribution < 1.29 is 9.53 Å². The van der Waals surface area contributed by atoms with Gasteiger partial charge in [0.15, 0.2) is 5.78 Å². The lowest BCUT2D eigenvalue weighted by molar-refractivity contribution is -0.121. The molecule has 0 saturated heterocycles. The van der Waals surface area contributed by atoms with Crippen LogP contribution in [-0.2, 0) is 11.8 Å². The van der Waals surface area contributed by atoms with Gasteiger partial charge in [-0.25, -0.2) is 0 Å². The van der Waals surface area contributed by atoms with Crippen LogP contribution in [-0.4, -0.2) is 17.0 Å². The summed E-state index contributed by atoms with van der Waals surface area (Å²) in [6.07, 6.45) is 0. The fourth-order valence-corrected chi connectivity index (χ4v) is 3.14. The number of Topliss-reactive ketones (excluding diaryl/α,β-unsaturated/α-hetero) is 1. The van der Waals surface area contributed by atoms with E-state index in [4.69, 9.17) is 4.74 Å². The molecule has 3 aromatic rings. The minimum atomic E-state index is -0.846.